The van der Waals surface area contributed by atoms with Gasteiger partial charge in [-0.3, -0.25) is 0 Å². The van der Waals surface area contributed by atoms with Crippen molar-refractivity contribution in [2.24, 2.45) is 5.92 Å². The predicted octanol–water partition coefficient (Wildman–Crippen LogP) is 2.50. The van der Waals surface area contributed by atoms with Crippen molar-refractivity contribution in [3.8, 4) is 0 Å². The van der Waals surface area contributed by atoms with Crippen molar-refractivity contribution in [1.82, 2.24) is 10.2 Å². The van der Waals surface area contributed by atoms with Crippen LogP contribution in [0.4, 0.5) is 0 Å². The van der Waals surface area contributed by atoms with Crippen LogP contribution in [0.15, 0.2) is 0 Å². The van der Waals surface area contributed by atoms with Gasteiger partial charge in [0, 0.05) is 6.04 Å². The Labute approximate surface area is 95.4 Å². The summed E-state index contributed by atoms with van der Waals surface area (Å²) in [7, 11) is 0. The maximum Gasteiger partial charge on any atom is 0.00950 e. The second-order valence-electron chi connectivity index (χ2n) is 4.81. The fourth-order valence-electron chi connectivity index (χ4n) is 2.73. The molecule has 0 amide bonds. The number of hydrogen-bond donors (Lipinski definition) is 1. The normalized spacial score (nSPS) is 22.4. The van der Waals surface area contributed by atoms with Crippen molar-refractivity contribution < 1.29 is 0 Å². The SMILES string of the molecule is CCC(CC)C(C)N1CCCNCCC1. The zero-order valence-corrected chi connectivity index (χ0v) is 10.8. The number of hydrogen-bond acceptors (Lipinski definition) is 2. The van der Waals surface area contributed by atoms with Gasteiger partial charge in [0.05, 0.1) is 0 Å². The van der Waals surface area contributed by atoms with E-state index in [9.17, 15) is 0 Å². The highest BCUT2D eigenvalue weighted by Crippen LogP contribution is 2.19. The van der Waals surface area contributed by atoms with Gasteiger partial charge in [-0.15, -0.1) is 0 Å². The third kappa shape index (κ3) is 4.12. The number of nitrogens with zero attached hydrogens (tertiary/aromatic N) is 1. The van der Waals surface area contributed by atoms with Gasteiger partial charge in [-0.2, -0.15) is 0 Å². The van der Waals surface area contributed by atoms with Gasteiger partial charge in [-0.25, -0.2) is 0 Å². The molecule has 90 valence electrons. The minimum atomic E-state index is 0.776. The summed E-state index contributed by atoms with van der Waals surface area (Å²) in [4.78, 5) is 2.71. The van der Waals surface area contributed by atoms with Crippen molar-refractivity contribution in [2.75, 3.05) is 26.2 Å². The van der Waals surface area contributed by atoms with Crippen LogP contribution in [0.25, 0.3) is 0 Å². The van der Waals surface area contributed by atoms with E-state index >= 15 is 0 Å². The molecule has 0 aromatic rings. The molecule has 1 N–H and O–H groups in total. The molecule has 1 saturated heterocycles. The van der Waals surface area contributed by atoms with E-state index in [-0.39, 0.29) is 0 Å². The summed E-state index contributed by atoms with van der Waals surface area (Å²) < 4.78 is 0. The highest BCUT2D eigenvalue weighted by Gasteiger charge is 2.20. The lowest BCUT2D eigenvalue weighted by molar-refractivity contribution is 0.139. The van der Waals surface area contributed by atoms with Gasteiger partial charge in [0.2, 0.25) is 0 Å². The monoisotopic (exact) mass is 212 g/mol. The quantitative estimate of drug-likeness (QED) is 0.770. The molecule has 0 spiro atoms. The fraction of sp³-hybridized carbons (Fsp3) is 1.00. The van der Waals surface area contributed by atoms with Gasteiger partial charge < -0.3 is 10.2 Å². The molecule has 0 bridgehead atoms. The molecule has 1 rings (SSSR count). The molecule has 1 atom stereocenters. The Hall–Kier alpha value is -0.0800. The van der Waals surface area contributed by atoms with Crippen LogP contribution in [0.2, 0.25) is 0 Å². The minimum Gasteiger partial charge on any atom is -0.317 e. The van der Waals surface area contributed by atoms with Gasteiger partial charge in [-0.05, 0) is 51.9 Å². The van der Waals surface area contributed by atoms with Crippen LogP contribution in [0.5, 0.6) is 0 Å². The van der Waals surface area contributed by atoms with Gasteiger partial charge in [0.1, 0.15) is 0 Å². The van der Waals surface area contributed by atoms with Crippen LogP contribution in [-0.4, -0.2) is 37.1 Å². The summed E-state index contributed by atoms with van der Waals surface area (Å²) in [5.74, 6) is 0.886. The molecule has 1 unspecified atom stereocenters. The second-order valence-corrected chi connectivity index (χ2v) is 4.81. The largest absolute Gasteiger partial charge is 0.317 e. The molecule has 0 aromatic heterocycles. The average molecular weight is 212 g/mol. The Bertz CT molecular complexity index is 147. The highest BCUT2D eigenvalue weighted by molar-refractivity contribution is 4.76. The molecule has 1 fully saturated rings. The van der Waals surface area contributed by atoms with E-state index in [0.29, 0.717) is 0 Å². The van der Waals surface area contributed by atoms with Crippen molar-refractivity contribution in [3.63, 3.8) is 0 Å². The molecule has 0 radical (unpaired) electrons. The van der Waals surface area contributed by atoms with Crippen LogP contribution in [0, 0.1) is 5.92 Å². The summed E-state index contributed by atoms with van der Waals surface area (Å²) in [6.45, 7) is 12.0. The topological polar surface area (TPSA) is 15.3 Å². The van der Waals surface area contributed by atoms with Crippen LogP contribution < -0.4 is 5.32 Å². The summed E-state index contributed by atoms with van der Waals surface area (Å²) in [5.41, 5.74) is 0. The molecule has 1 aliphatic heterocycles. The van der Waals surface area contributed by atoms with E-state index in [1.807, 2.05) is 0 Å². The third-order valence-electron chi connectivity index (χ3n) is 3.90. The van der Waals surface area contributed by atoms with Gasteiger partial charge in [0.15, 0.2) is 0 Å². The van der Waals surface area contributed by atoms with Gasteiger partial charge >= 0.3 is 0 Å². The Balaban J connectivity index is 2.43. The van der Waals surface area contributed by atoms with Crippen LogP contribution in [0.1, 0.15) is 46.5 Å². The minimum absolute atomic E-state index is 0.776. The first-order chi connectivity index (χ1) is 7.29. The van der Waals surface area contributed by atoms with Crippen LogP contribution in [0.3, 0.4) is 0 Å². The summed E-state index contributed by atoms with van der Waals surface area (Å²) in [5, 5.41) is 3.48. The zero-order valence-electron chi connectivity index (χ0n) is 10.8. The zero-order chi connectivity index (χ0) is 11.1. The molecular weight excluding hydrogens is 184 g/mol. The smallest absolute Gasteiger partial charge is 0.00950 e. The van der Waals surface area contributed by atoms with E-state index in [2.05, 4.69) is 31.0 Å². The first-order valence-electron chi connectivity index (χ1n) is 6.74. The van der Waals surface area contributed by atoms with Crippen LogP contribution in [-0.2, 0) is 0 Å². The molecule has 15 heavy (non-hydrogen) atoms. The van der Waals surface area contributed by atoms with Crippen LogP contribution >= 0.6 is 0 Å². The molecule has 0 saturated carbocycles. The van der Waals surface area contributed by atoms with Gasteiger partial charge in [0.25, 0.3) is 0 Å². The summed E-state index contributed by atoms with van der Waals surface area (Å²) >= 11 is 0. The Morgan fingerprint density at radius 3 is 2.07 bits per heavy atom. The highest BCUT2D eigenvalue weighted by atomic mass is 15.2. The maximum absolute atomic E-state index is 3.48. The van der Waals surface area contributed by atoms with E-state index in [1.165, 1.54) is 51.9 Å². The van der Waals surface area contributed by atoms with Crippen molar-refractivity contribution in [3.05, 3.63) is 0 Å². The van der Waals surface area contributed by atoms with E-state index in [1.54, 1.807) is 0 Å². The Kier molecular flexibility index (Phi) is 6.26. The lowest BCUT2D eigenvalue weighted by Gasteiger charge is -2.35. The van der Waals surface area contributed by atoms with Crippen molar-refractivity contribution in [1.29, 1.82) is 0 Å². The number of nitrogens with one attached hydrogen (secondary N) is 1. The van der Waals surface area contributed by atoms with Crippen molar-refractivity contribution in [2.45, 2.75) is 52.5 Å². The molecule has 2 heteroatoms. The van der Waals surface area contributed by atoms with Crippen molar-refractivity contribution >= 4 is 0 Å². The molecular formula is C13H28N2. The molecule has 1 heterocycles. The van der Waals surface area contributed by atoms with Gasteiger partial charge in [-0.1, -0.05) is 26.7 Å². The lowest BCUT2D eigenvalue weighted by Crippen LogP contribution is -2.42. The lowest BCUT2D eigenvalue weighted by atomic mass is 9.94. The standard InChI is InChI=1S/C13H28N2/c1-4-13(5-2)12(3)15-10-6-8-14-9-7-11-15/h12-14H,4-11H2,1-3H3. The summed E-state index contributed by atoms with van der Waals surface area (Å²) in [6.07, 6.45) is 5.27. The average Bonchev–Trinajstić information content (AvgIpc) is 2.18. The predicted molar refractivity (Wildman–Crippen MR) is 67.2 cm³/mol. The second kappa shape index (κ2) is 7.24. The summed E-state index contributed by atoms with van der Waals surface area (Å²) in [6, 6.07) is 0.776. The van der Waals surface area contributed by atoms with E-state index in [4.69, 9.17) is 0 Å². The first kappa shape index (κ1) is 13.0. The third-order valence-corrected chi connectivity index (χ3v) is 3.90. The molecule has 2 nitrogen and oxygen atoms in total. The Morgan fingerprint density at radius 1 is 1.07 bits per heavy atom. The van der Waals surface area contributed by atoms with E-state index < -0.39 is 0 Å². The maximum atomic E-state index is 3.48. The molecule has 0 aromatic carbocycles. The Morgan fingerprint density at radius 2 is 1.60 bits per heavy atom. The fourth-order valence-corrected chi connectivity index (χ4v) is 2.73. The number of rotatable bonds is 4. The molecule has 1 aliphatic rings. The molecule has 0 aliphatic carbocycles. The first-order valence-corrected chi connectivity index (χ1v) is 6.74. The van der Waals surface area contributed by atoms with E-state index in [0.717, 1.165) is 12.0 Å².